The highest BCUT2D eigenvalue weighted by molar-refractivity contribution is 5.94. The molecule has 1 aromatic carbocycles. The van der Waals surface area contributed by atoms with Gasteiger partial charge in [0.25, 0.3) is 5.91 Å². The molecule has 1 unspecified atom stereocenters. The van der Waals surface area contributed by atoms with Gasteiger partial charge in [0.1, 0.15) is 5.54 Å². The molecule has 1 N–H and O–H groups in total. The van der Waals surface area contributed by atoms with Crippen LogP contribution in [0.5, 0.6) is 0 Å². The molecule has 2 fully saturated rings. The van der Waals surface area contributed by atoms with Gasteiger partial charge in [-0.3, -0.25) is 9.59 Å². The van der Waals surface area contributed by atoms with E-state index in [9.17, 15) is 9.59 Å². The number of carbonyl (C=O) groups excluding carboxylic acids is 2. The molecule has 0 aromatic heterocycles. The van der Waals surface area contributed by atoms with E-state index >= 15 is 0 Å². The second kappa shape index (κ2) is 4.86. The summed E-state index contributed by atoms with van der Waals surface area (Å²) in [5.41, 5.74) is -0.203. The lowest BCUT2D eigenvalue weighted by Crippen LogP contribution is -2.60. The Bertz CT molecular complexity index is 565. The maximum Gasteiger partial charge on any atom is 0.253 e. The Balaban J connectivity index is 2.01. The fourth-order valence-electron chi connectivity index (χ4n) is 3.42. The van der Waals surface area contributed by atoms with Crippen LogP contribution < -0.4 is 5.32 Å². The Morgan fingerprint density at radius 3 is 2.33 bits per heavy atom. The Morgan fingerprint density at radius 1 is 1.10 bits per heavy atom. The fourth-order valence-corrected chi connectivity index (χ4v) is 3.42. The average Bonchev–Trinajstić information content (AvgIpc) is 2.56. The van der Waals surface area contributed by atoms with Crippen LogP contribution in [0, 0.1) is 0 Å². The van der Waals surface area contributed by atoms with Crippen molar-refractivity contribution in [2.75, 3.05) is 6.54 Å². The van der Waals surface area contributed by atoms with Crippen molar-refractivity contribution < 1.29 is 9.59 Å². The first-order valence-corrected chi connectivity index (χ1v) is 7.64. The number of hydrogen-bond acceptors (Lipinski definition) is 2. The Kier molecular flexibility index (Phi) is 3.27. The molecule has 112 valence electrons. The molecule has 1 saturated carbocycles. The van der Waals surface area contributed by atoms with Crippen LogP contribution in [0.15, 0.2) is 30.3 Å². The summed E-state index contributed by atoms with van der Waals surface area (Å²) in [6.45, 7) is 4.47. The lowest BCUT2D eigenvalue weighted by molar-refractivity contribution is -0.147. The van der Waals surface area contributed by atoms with Crippen LogP contribution in [0.25, 0.3) is 0 Å². The van der Waals surface area contributed by atoms with Crippen molar-refractivity contribution in [3.8, 4) is 0 Å². The lowest BCUT2D eigenvalue weighted by Gasteiger charge is -2.49. The molecular formula is C17H22N2O2. The van der Waals surface area contributed by atoms with Crippen molar-refractivity contribution in [2.24, 2.45) is 0 Å². The molecule has 1 atom stereocenters. The fraction of sp³-hybridized carbons (Fsp3) is 0.529. The molecule has 0 bridgehead atoms. The third-order valence-electron chi connectivity index (χ3n) is 5.06. The van der Waals surface area contributed by atoms with E-state index in [1.807, 2.05) is 42.2 Å². The van der Waals surface area contributed by atoms with Gasteiger partial charge in [0.2, 0.25) is 5.91 Å². The Hall–Kier alpha value is -1.84. The van der Waals surface area contributed by atoms with E-state index in [0.29, 0.717) is 13.0 Å². The zero-order valence-electron chi connectivity index (χ0n) is 12.7. The van der Waals surface area contributed by atoms with Crippen molar-refractivity contribution in [2.45, 2.75) is 50.6 Å². The summed E-state index contributed by atoms with van der Waals surface area (Å²) in [5.74, 6) is -0.0399. The molecule has 4 nitrogen and oxygen atoms in total. The molecule has 2 amide bonds. The van der Waals surface area contributed by atoms with Crippen LogP contribution in [-0.4, -0.2) is 28.8 Å². The third-order valence-corrected chi connectivity index (χ3v) is 5.06. The topological polar surface area (TPSA) is 49.4 Å². The van der Waals surface area contributed by atoms with Crippen LogP contribution in [0.3, 0.4) is 0 Å². The van der Waals surface area contributed by atoms with Gasteiger partial charge in [0, 0.05) is 18.5 Å². The van der Waals surface area contributed by atoms with Crippen LogP contribution >= 0.6 is 0 Å². The van der Waals surface area contributed by atoms with Crippen molar-refractivity contribution >= 4 is 11.8 Å². The molecule has 1 aromatic rings. The predicted octanol–water partition coefficient (Wildman–Crippen LogP) is 2.19. The summed E-state index contributed by atoms with van der Waals surface area (Å²) in [6.07, 6.45) is 3.59. The Labute approximate surface area is 125 Å². The molecule has 3 rings (SSSR count). The van der Waals surface area contributed by atoms with Crippen LogP contribution in [0.1, 0.15) is 45.1 Å². The van der Waals surface area contributed by atoms with Gasteiger partial charge in [-0.25, -0.2) is 0 Å². The summed E-state index contributed by atoms with van der Waals surface area (Å²) in [4.78, 5) is 27.2. The minimum atomic E-state index is -0.965. The maximum absolute atomic E-state index is 13.2. The van der Waals surface area contributed by atoms with Gasteiger partial charge in [-0.05, 0) is 38.7 Å². The van der Waals surface area contributed by atoms with Crippen LogP contribution in [0.4, 0.5) is 0 Å². The first-order chi connectivity index (χ1) is 9.96. The zero-order chi connectivity index (χ0) is 15.1. The van der Waals surface area contributed by atoms with Gasteiger partial charge in [-0.15, -0.1) is 0 Å². The number of benzene rings is 1. The minimum absolute atomic E-state index is 0.0155. The summed E-state index contributed by atoms with van der Waals surface area (Å²) < 4.78 is 0. The highest BCUT2D eigenvalue weighted by atomic mass is 16.2. The molecule has 1 saturated heterocycles. The SMILES string of the molecule is CC1(c2ccccc2)NC(=O)CCN(C2(C)CCC2)C1=O. The molecule has 0 spiro atoms. The smallest absolute Gasteiger partial charge is 0.253 e. The molecular weight excluding hydrogens is 264 g/mol. The first-order valence-electron chi connectivity index (χ1n) is 7.64. The van der Waals surface area contributed by atoms with E-state index in [1.54, 1.807) is 0 Å². The highest BCUT2D eigenvalue weighted by Crippen LogP contribution is 2.40. The second-order valence-corrected chi connectivity index (χ2v) is 6.60. The lowest BCUT2D eigenvalue weighted by atomic mass is 9.75. The van der Waals surface area contributed by atoms with Gasteiger partial charge >= 0.3 is 0 Å². The van der Waals surface area contributed by atoms with E-state index in [-0.39, 0.29) is 17.4 Å². The number of nitrogens with zero attached hydrogens (tertiary/aromatic N) is 1. The van der Waals surface area contributed by atoms with E-state index in [4.69, 9.17) is 0 Å². The molecule has 1 aliphatic carbocycles. The molecule has 0 radical (unpaired) electrons. The largest absolute Gasteiger partial charge is 0.338 e. The highest BCUT2D eigenvalue weighted by Gasteiger charge is 2.49. The van der Waals surface area contributed by atoms with E-state index < -0.39 is 5.54 Å². The molecule has 1 aliphatic heterocycles. The van der Waals surface area contributed by atoms with Gasteiger partial charge in [-0.1, -0.05) is 30.3 Å². The van der Waals surface area contributed by atoms with Crippen molar-refractivity contribution in [3.05, 3.63) is 35.9 Å². The second-order valence-electron chi connectivity index (χ2n) is 6.60. The quantitative estimate of drug-likeness (QED) is 0.906. The number of amides is 2. The summed E-state index contributed by atoms with van der Waals surface area (Å²) >= 11 is 0. The van der Waals surface area contributed by atoms with Crippen molar-refractivity contribution in [3.63, 3.8) is 0 Å². The maximum atomic E-state index is 13.2. The molecule has 21 heavy (non-hydrogen) atoms. The van der Waals surface area contributed by atoms with Gasteiger partial charge in [0.15, 0.2) is 0 Å². The summed E-state index contributed by atoms with van der Waals surface area (Å²) in [7, 11) is 0. The number of rotatable bonds is 2. The Morgan fingerprint density at radius 2 is 1.76 bits per heavy atom. The molecule has 2 aliphatic rings. The van der Waals surface area contributed by atoms with E-state index in [2.05, 4.69) is 12.2 Å². The first kappa shape index (κ1) is 14.1. The van der Waals surface area contributed by atoms with Crippen LogP contribution in [0.2, 0.25) is 0 Å². The molecule has 1 heterocycles. The van der Waals surface area contributed by atoms with E-state index in [0.717, 1.165) is 24.8 Å². The van der Waals surface area contributed by atoms with Gasteiger partial charge < -0.3 is 10.2 Å². The van der Waals surface area contributed by atoms with Crippen molar-refractivity contribution in [1.29, 1.82) is 0 Å². The third kappa shape index (κ3) is 2.23. The number of hydrogen-bond donors (Lipinski definition) is 1. The summed E-state index contributed by atoms with van der Waals surface area (Å²) in [6, 6.07) is 9.54. The summed E-state index contributed by atoms with van der Waals surface area (Å²) in [5, 5.41) is 2.94. The normalized spacial score (nSPS) is 28.6. The predicted molar refractivity (Wildman–Crippen MR) is 80.5 cm³/mol. The minimum Gasteiger partial charge on any atom is -0.338 e. The van der Waals surface area contributed by atoms with Crippen molar-refractivity contribution in [1.82, 2.24) is 10.2 Å². The molecule has 4 heteroatoms. The zero-order valence-corrected chi connectivity index (χ0v) is 12.7. The monoisotopic (exact) mass is 286 g/mol. The van der Waals surface area contributed by atoms with Gasteiger partial charge in [0.05, 0.1) is 0 Å². The number of carbonyl (C=O) groups is 2. The van der Waals surface area contributed by atoms with Crippen LogP contribution in [-0.2, 0) is 15.1 Å². The van der Waals surface area contributed by atoms with E-state index in [1.165, 1.54) is 0 Å². The average molecular weight is 286 g/mol. The standard InChI is InChI=1S/C17H22N2O2/c1-16(10-6-11-16)19-12-9-14(20)18-17(2,15(19)21)13-7-4-3-5-8-13/h3-5,7-8H,6,9-12H2,1-2H3,(H,18,20). The van der Waals surface area contributed by atoms with Gasteiger partial charge in [-0.2, -0.15) is 0 Å². The number of nitrogens with one attached hydrogen (secondary N) is 1.